The van der Waals surface area contributed by atoms with E-state index in [1.807, 2.05) is 30.3 Å². The highest BCUT2D eigenvalue weighted by atomic mass is 79.9. The normalized spacial score (nSPS) is 12.4. The topological polar surface area (TPSA) is 12.0 Å². The van der Waals surface area contributed by atoms with Crippen molar-refractivity contribution in [3.8, 4) is 0 Å². The molecule has 0 amide bonds. The maximum Gasteiger partial charge on any atom is 0.129 e. The smallest absolute Gasteiger partial charge is 0.129 e. The number of hydrogen-bond donors (Lipinski definition) is 1. The first-order chi connectivity index (χ1) is 9.63. The highest BCUT2D eigenvalue weighted by molar-refractivity contribution is 9.10. The highest BCUT2D eigenvalue weighted by Crippen LogP contribution is 2.31. The van der Waals surface area contributed by atoms with E-state index in [1.54, 1.807) is 6.07 Å². The van der Waals surface area contributed by atoms with Crippen LogP contribution in [0.3, 0.4) is 0 Å². The summed E-state index contributed by atoms with van der Waals surface area (Å²) in [6, 6.07) is 12.7. The number of nitrogens with one attached hydrogen (secondary N) is 1. The molecule has 0 saturated heterocycles. The molecule has 1 atom stereocenters. The van der Waals surface area contributed by atoms with Gasteiger partial charge in [0.05, 0.1) is 11.1 Å². The predicted octanol–water partition coefficient (Wildman–Crippen LogP) is 5.33. The lowest BCUT2D eigenvalue weighted by atomic mass is 9.98. The van der Waals surface area contributed by atoms with E-state index in [0.717, 1.165) is 18.5 Å². The van der Waals surface area contributed by atoms with Gasteiger partial charge in [-0.05, 0) is 46.6 Å². The van der Waals surface area contributed by atoms with E-state index in [0.29, 0.717) is 15.1 Å². The molecule has 0 aliphatic rings. The second-order valence-corrected chi connectivity index (χ2v) is 5.85. The van der Waals surface area contributed by atoms with Crippen molar-refractivity contribution in [2.45, 2.75) is 19.4 Å². The molecule has 0 heterocycles. The summed E-state index contributed by atoms with van der Waals surface area (Å²) in [6.45, 7) is 2.90. The Balaban J connectivity index is 2.44. The average Bonchev–Trinajstić information content (AvgIpc) is 2.45. The minimum absolute atomic E-state index is 0.193. The first-order valence-electron chi connectivity index (χ1n) is 6.56. The molecule has 2 aromatic carbocycles. The molecule has 1 nitrogen and oxygen atoms in total. The minimum atomic E-state index is -0.265. The Bertz CT molecular complexity index is 574. The van der Waals surface area contributed by atoms with Crippen molar-refractivity contribution in [1.82, 2.24) is 5.32 Å². The standard InChI is InChI=1S/C16H16BrClFN/c1-2-8-20-16(11-6-4-3-5-7-11)12-9-14(18)13(17)10-15(12)19/h3-7,9-10,16,20H,2,8H2,1H3. The number of rotatable bonds is 5. The number of hydrogen-bond acceptors (Lipinski definition) is 1. The molecule has 4 heteroatoms. The summed E-state index contributed by atoms with van der Waals surface area (Å²) in [4.78, 5) is 0. The van der Waals surface area contributed by atoms with Crippen LogP contribution < -0.4 is 5.32 Å². The lowest BCUT2D eigenvalue weighted by molar-refractivity contribution is 0.546. The molecular formula is C16H16BrClFN. The van der Waals surface area contributed by atoms with E-state index in [-0.39, 0.29) is 11.9 Å². The van der Waals surface area contributed by atoms with Gasteiger partial charge in [0.15, 0.2) is 0 Å². The molecule has 0 aliphatic carbocycles. The van der Waals surface area contributed by atoms with Crippen LogP contribution >= 0.6 is 27.5 Å². The van der Waals surface area contributed by atoms with Gasteiger partial charge in [-0.1, -0.05) is 48.9 Å². The molecule has 2 rings (SSSR count). The molecule has 0 fully saturated rings. The maximum absolute atomic E-state index is 14.3. The zero-order chi connectivity index (χ0) is 14.5. The van der Waals surface area contributed by atoms with Crippen LogP contribution in [-0.2, 0) is 0 Å². The van der Waals surface area contributed by atoms with Gasteiger partial charge in [0.1, 0.15) is 5.82 Å². The molecule has 0 saturated carbocycles. The highest BCUT2D eigenvalue weighted by Gasteiger charge is 2.18. The van der Waals surface area contributed by atoms with Crippen molar-refractivity contribution in [3.63, 3.8) is 0 Å². The van der Waals surface area contributed by atoms with Gasteiger partial charge in [0.25, 0.3) is 0 Å². The van der Waals surface area contributed by atoms with E-state index in [1.165, 1.54) is 6.07 Å². The molecular weight excluding hydrogens is 341 g/mol. The Morgan fingerprint density at radius 1 is 1.25 bits per heavy atom. The number of halogens is 3. The molecule has 0 radical (unpaired) electrons. The van der Waals surface area contributed by atoms with Crippen LogP contribution in [0.4, 0.5) is 4.39 Å². The molecule has 20 heavy (non-hydrogen) atoms. The van der Waals surface area contributed by atoms with Crippen LogP contribution in [0.1, 0.15) is 30.5 Å². The summed E-state index contributed by atoms with van der Waals surface area (Å²) in [5.74, 6) is -0.265. The fourth-order valence-corrected chi connectivity index (χ4v) is 2.59. The van der Waals surface area contributed by atoms with Crippen molar-refractivity contribution < 1.29 is 4.39 Å². The molecule has 0 spiro atoms. The van der Waals surface area contributed by atoms with Crippen LogP contribution in [0.15, 0.2) is 46.9 Å². The van der Waals surface area contributed by atoms with Gasteiger partial charge in [-0.2, -0.15) is 0 Å². The molecule has 0 bridgehead atoms. The van der Waals surface area contributed by atoms with Gasteiger partial charge in [0.2, 0.25) is 0 Å². The van der Waals surface area contributed by atoms with E-state index in [9.17, 15) is 4.39 Å². The molecule has 106 valence electrons. The van der Waals surface area contributed by atoms with Crippen molar-refractivity contribution >= 4 is 27.5 Å². The number of benzene rings is 2. The maximum atomic E-state index is 14.3. The Labute approximate surface area is 132 Å². The van der Waals surface area contributed by atoms with Crippen LogP contribution in [0.2, 0.25) is 5.02 Å². The summed E-state index contributed by atoms with van der Waals surface area (Å²) in [7, 11) is 0. The zero-order valence-corrected chi connectivity index (χ0v) is 13.5. The molecule has 0 aromatic heterocycles. The first-order valence-corrected chi connectivity index (χ1v) is 7.73. The Kier molecular flexibility index (Phi) is 5.58. The van der Waals surface area contributed by atoms with Gasteiger partial charge in [-0.15, -0.1) is 0 Å². The van der Waals surface area contributed by atoms with Gasteiger partial charge >= 0.3 is 0 Å². The summed E-state index contributed by atoms with van der Waals surface area (Å²) >= 11 is 9.36. The molecule has 1 N–H and O–H groups in total. The van der Waals surface area contributed by atoms with Crippen LogP contribution in [0, 0.1) is 5.82 Å². The van der Waals surface area contributed by atoms with Crippen molar-refractivity contribution in [3.05, 3.63) is 68.9 Å². The Morgan fingerprint density at radius 2 is 1.95 bits per heavy atom. The quantitative estimate of drug-likeness (QED) is 0.714. The molecule has 1 unspecified atom stereocenters. The third kappa shape index (κ3) is 3.60. The van der Waals surface area contributed by atoms with Crippen LogP contribution in [0.5, 0.6) is 0 Å². The Hall–Kier alpha value is -0.900. The predicted molar refractivity (Wildman–Crippen MR) is 85.7 cm³/mol. The van der Waals surface area contributed by atoms with E-state index in [4.69, 9.17) is 11.6 Å². The fourth-order valence-electron chi connectivity index (χ4n) is 2.10. The van der Waals surface area contributed by atoms with E-state index >= 15 is 0 Å². The summed E-state index contributed by atoms with van der Waals surface area (Å²) in [5.41, 5.74) is 1.59. The van der Waals surface area contributed by atoms with Crippen molar-refractivity contribution in [1.29, 1.82) is 0 Å². The van der Waals surface area contributed by atoms with E-state index in [2.05, 4.69) is 28.2 Å². The fraction of sp³-hybridized carbons (Fsp3) is 0.250. The molecule has 2 aromatic rings. The molecule has 0 aliphatic heterocycles. The van der Waals surface area contributed by atoms with E-state index < -0.39 is 0 Å². The Morgan fingerprint density at radius 3 is 2.60 bits per heavy atom. The minimum Gasteiger partial charge on any atom is -0.306 e. The van der Waals surface area contributed by atoms with Crippen molar-refractivity contribution in [2.24, 2.45) is 0 Å². The summed E-state index contributed by atoms with van der Waals surface area (Å²) in [5, 5.41) is 3.89. The summed E-state index contributed by atoms with van der Waals surface area (Å²) < 4.78 is 14.8. The second-order valence-electron chi connectivity index (χ2n) is 4.59. The third-order valence-electron chi connectivity index (χ3n) is 3.08. The van der Waals surface area contributed by atoms with Crippen LogP contribution in [0.25, 0.3) is 0 Å². The van der Waals surface area contributed by atoms with Gasteiger partial charge in [0, 0.05) is 10.0 Å². The largest absolute Gasteiger partial charge is 0.306 e. The zero-order valence-electron chi connectivity index (χ0n) is 11.2. The first kappa shape index (κ1) is 15.5. The lowest BCUT2D eigenvalue weighted by Gasteiger charge is -2.20. The van der Waals surface area contributed by atoms with Gasteiger partial charge < -0.3 is 5.32 Å². The summed E-state index contributed by atoms with van der Waals surface area (Å²) in [6.07, 6.45) is 0.981. The second kappa shape index (κ2) is 7.21. The van der Waals surface area contributed by atoms with Gasteiger partial charge in [-0.3, -0.25) is 0 Å². The van der Waals surface area contributed by atoms with Crippen molar-refractivity contribution in [2.75, 3.05) is 6.54 Å². The monoisotopic (exact) mass is 355 g/mol. The van der Waals surface area contributed by atoms with Crippen LogP contribution in [-0.4, -0.2) is 6.54 Å². The SMILES string of the molecule is CCCNC(c1ccccc1)c1cc(Cl)c(Br)cc1F. The third-order valence-corrected chi connectivity index (χ3v) is 4.28. The van der Waals surface area contributed by atoms with Gasteiger partial charge in [-0.25, -0.2) is 4.39 Å². The lowest BCUT2D eigenvalue weighted by Crippen LogP contribution is -2.24. The average molecular weight is 357 g/mol.